The maximum Gasteiger partial charge on any atom is 0.245 e. The summed E-state index contributed by atoms with van der Waals surface area (Å²) in [5.74, 6) is -0.0970. The molecule has 0 fully saturated rings. The lowest BCUT2D eigenvalue weighted by Gasteiger charge is -2.03. The largest absolute Gasteiger partial charge is 0.507 e. The third kappa shape index (κ3) is 4.18. The quantitative estimate of drug-likeness (QED) is 0.596. The topological polar surface area (TPSA) is 66.6 Å². The van der Waals surface area contributed by atoms with Crippen LogP contribution in [0.1, 0.15) is 11.3 Å². The van der Waals surface area contributed by atoms with E-state index in [9.17, 15) is 9.90 Å². The van der Waals surface area contributed by atoms with Gasteiger partial charge >= 0.3 is 0 Å². The van der Waals surface area contributed by atoms with Gasteiger partial charge in [0.05, 0.1) is 17.1 Å². The molecule has 0 aliphatic heterocycles. The van der Waals surface area contributed by atoms with Crippen molar-refractivity contribution in [3.05, 3.63) is 50.7 Å². The first-order chi connectivity index (χ1) is 9.97. The number of hydrogen-bond donors (Lipinski definition) is 2. The van der Waals surface area contributed by atoms with Gasteiger partial charge in [0.25, 0.3) is 0 Å². The smallest absolute Gasteiger partial charge is 0.245 e. The fraction of sp³-hybridized carbons (Fsp3) is 0.143. The zero-order chi connectivity index (χ0) is 15.4. The summed E-state index contributed by atoms with van der Waals surface area (Å²) in [7, 11) is 1.88. The number of carbonyl (C=O) groups is 1. The average Bonchev–Trinajstić information content (AvgIpc) is 2.81. The van der Waals surface area contributed by atoms with Crippen molar-refractivity contribution in [1.29, 1.82) is 0 Å². The Morgan fingerprint density at radius 2 is 2.19 bits per heavy atom. The van der Waals surface area contributed by atoms with Crippen LogP contribution in [0, 0.1) is 0 Å². The van der Waals surface area contributed by atoms with Gasteiger partial charge in [-0.3, -0.25) is 4.79 Å². The summed E-state index contributed by atoms with van der Waals surface area (Å²) >= 11 is 6.57. The number of nitrogens with one attached hydrogen (secondary N) is 1. The van der Waals surface area contributed by atoms with Crippen molar-refractivity contribution >= 4 is 44.0 Å². The van der Waals surface area contributed by atoms with E-state index >= 15 is 0 Å². The number of halogens is 2. The van der Waals surface area contributed by atoms with Crippen LogP contribution in [0.15, 0.2) is 44.5 Å². The summed E-state index contributed by atoms with van der Waals surface area (Å²) in [5, 5.41) is 13.5. The number of aromatic hydroxyl groups is 1. The number of nitrogens with zero attached hydrogens (tertiary/aromatic N) is 2. The molecule has 0 bridgehead atoms. The zero-order valence-corrected chi connectivity index (χ0v) is 14.3. The van der Waals surface area contributed by atoms with Crippen molar-refractivity contribution in [2.24, 2.45) is 12.1 Å². The molecule has 0 unspecified atom stereocenters. The zero-order valence-electron chi connectivity index (χ0n) is 11.2. The van der Waals surface area contributed by atoms with Gasteiger partial charge in [0, 0.05) is 29.0 Å². The van der Waals surface area contributed by atoms with Crippen LogP contribution < -0.4 is 5.43 Å². The molecule has 1 amide bonds. The van der Waals surface area contributed by atoms with Crippen molar-refractivity contribution in [3.8, 4) is 5.75 Å². The number of amides is 1. The van der Waals surface area contributed by atoms with Gasteiger partial charge in [-0.25, -0.2) is 5.43 Å². The second-order valence-corrected chi connectivity index (χ2v) is 6.11. The standard InChI is InChI=1S/C14H13Br2N3O2/c1-19-4-2-3-10(19)6-14(21)18-17-8-9-5-13(20)12(16)7-11(9)15/h2-5,7-8,20H,6H2,1H3,(H,18,21)/b17-8+. The van der Waals surface area contributed by atoms with Crippen LogP contribution in [-0.2, 0) is 18.3 Å². The Bertz CT molecular complexity index is 696. The van der Waals surface area contributed by atoms with Gasteiger partial charge < -0.3 is 9.67 Å². The molecule has 110 valence electrons. The Balaban J connectivity index is 1.98. The van der Waals surface area contributed by atoms with Crippen molar-refractivity contribution in [2.45, 2.75) is 6.42 Å². The third-order valence-electron chi connectivity index (χ3n) is 2.85. The SMILES string of the molecule is Cn1cccc1CC(=O)N/N=C/c1cc(O)c(Br)cc1Br. The summed E-state index contributed by atoms with van der Waals surface area (Å²) in [5.41, 5.74) is 4.03. The second kappa shape index (κ2) is 6.91. The number of phenols is 1. The summed E-state index contributed by atoms with van der Waals surface area (Å²) in [6.07, 6.45) is 3.61. The summed E-state index contributed by atoms with van der Waals surface area (Å²) in [4.78, 5) is 11.8. The lowest BCUT2D eigenvalue weighted by molar-refractivity contribution is -0.120. The Labute approximate surface area is 138 Å². The van der Waals surface area contributed by atoms with Crippen molar-refractivity contribution in [1.82, 2.24) is 9.99 Å². The number of aryl methyl sites for hydroxylation is 1. The normalized spacial score (nSPS) is 11.0. The highest BCUT2D eigenvalue weighted by molar-refractivity contribution is 9.11. The van der Waals surface area contributed by atoms with Crippen molar-refractivity contribution < 1.29 is 9.90 Å². The maximum atomic E-state index is 11.8. The Kier molecular flexibility index (Phi) is 5.19. The number of benzene rings is 1. The van der Waals surface area contributed by atoms with Crippen molar-refractivity contribution in [3.63, 3.8) is 0 Å². The Hall–Kier alpha value is -1.60. The highest BCUT2D eigenvalue weighted by Gasteiger charge is 2.06. The molecule has 0 saturated heterocycles. The van der Waals surface area contributed by atoms with Gasteiger partial charge in [0.1, 0.15) is 5.75 Å². The van der Waals surface area contributed by atoms with E-state index in [-0.39, 0.29) is 18.1 Å². The number of phenolic OH excluding ortho intramolecular Hbond substituents is 1. The fourth-order valence-corrected chi connectivity index (χ4v) is 2.81. The second-order valence-electron chi connectivity index (χ2n) is 4.41. The van der Waals surface area contributed by atoms with Gasteiger partial charge in [0.2, 0.25) is 5.91 Å². The summed E-state index contributed by atoms with van der Waals surface area (Å²) in [6, 6.07) is 7.02. The number of rotatable bonds is 4. The minimum Gasteiger partial charge on any atom is -0.507 e. The Morgan fingerprint density at radius 1 is 1.43 bits per heavy atom. The molecule has 1 aromatic carbocycles. The van der Waals surface area contributed by atoms with E-state index in [2.05, 4.69) is 42.4 Å². The molecular formula is C14H13Br2N3O2. The number of carbonyl (C=O) groups excluding carboxylic acids is 1. The van der Waals surface area contributed by atoms with Crippen LogP contribution in [-0.4, -0.2) is 21.8 Å². The molecule has 0 radical (unpaired) electrons. The molecule has 2 aromatic rings. The third-order valence-corrected chi connectivity index (χ3v) is 4.17. The van der Waals surface area contributed by atoms with E-state index in [4.69, 9.17) is 0 Å². The number of hydrazone groups is 1. The van der Waals surface area contributed by atoms with E-state index in [1.165, 1.54) is 6.21 Å². The van der Waals surface area contributed by atoms with E-state index < -0.39 is 0 Å². The van der Waals surface area contributed by atoms with Crippen LogP contribution in [0.25, 0.3) is 0 Å². The van der Waals surface area contributed by atoms with E-state index in [1.54, 1.807) is 12.1 Å². The first-order valence-electron chi connectivity index (χ1n) is 6.07. The van der Waals surface area contributed by atoms with Gasteiger partial charge in [-0.15, -0.1) is 0 Å². The molecule has 7 heteroatoms. The van der Waals surface area contributed by atoms with Crippen LogP contribution in [0.2, 0.25) is 0 Å². The van der Waals surface area contributed by atoms with E-state index in [0.29, 0.717) is 10.0 Å². The molecule has 2 rings (SSSR count). The maximum absolute atomic E-state index is 11.8. The van der Waals surface area contributed by atoms with E-state index in [0.717, 1.165) is 10.2 Å². The van der Waals surface area contributed by atoms with Crippen molar-refractivity contribution in [2.75, 3.05) is 0 Å². The van der Waals surface area contributed by atoms with E-state index in [1.807, 2.05) is 29.9 Å². The molecular weight excluding hydrogens is 402 g/mol. The Morgan fingerprint density at radius 3 is 2.86 bits per heavy atom. The highest BCUT2D eigenvalue weighted by Crippen LogP contribution is 2.29. The minimum absolute atomic E-state index is 0.106. The molecule has 5 nitrogen and oxygen atoms in total. The summed E-state index contributed by atoms with van der Waals surface area (Å²) < 4.78 is 3.22. The average molecular weight is 415 g/mol. The van der Waals surface area contributed by atoms with Gasteiger partial charge in [-0.1, -0.05) is 15.9 Å². The molecule has 1 aromatic heterocycles. The first-order valence-corrected chi connectivity index (χ1v) is 7.66. The fourth-order valence-electron chi connectivity index (χ4n) is 1.71. The summed E-state index contributed by atoms with van der Waals surface area (Å²) in [6.45, 7) is 0. The van der Waals surface area contributed by atoms with Gasteiger partial charge in [0.15, 0.2) is 0 Å². The van der Waals surface area contributed by atoms with Gasteiger partial charge in [-0.05, 0) is 40.2 Å². The molecule has 21 heavy (non-hydrogen) atoms. The molecule has 2 N–H and O–H groups in total. The molecule has 0 atom stereocenters. The lowest BCUT2D eigenvalue weighted by atomic mass is 10.2. The van der Waals surface area contributed by atoms with Crippen LogP contribution >= 0.6 is 31.9 Å². The first kappa shape index (κ1) is 15.8. The molecule has 1 heterocycles. The molecule has 0 aliphatic carbocycles. The number of aromatic nitrogens is 1. The van der Waals surface area contributed by atoms with Crippen LogP contribution in [0.4, 0.5) is 0 Å². The monoisotopic (exact) mass is 413 g/mol. The number of hydrogen-bond acceptors (Lipinski definition) is 3. The van der Waals surface area contributed by atoms with Crippen LogP contribution in [0.5, 0.6) is 5.75 Å². The predicted octanol–water partition coefficient (Wildman–Crippen LogP) is 2.95. The molecule has 0 spiro atoms. The highest BCUT2D eigenvalue weighted by atomic mass is 79.9. The predicted molar refractivity (Wildman–Crippen MR) is 88.4 cm³/mol. The molecule has 0 aliphatic rings. The molecule has 0 saturated carbocycles. The lowest BCUT2D eigenvalue weighted by Crippen LogP contribution is -2.20. The van der Waals surface area contributed by atoms with Gasteiger partial charge in [-0.2, -0.15) is 5.10 Å². The minimum atomic E-state index is -0.203. The van der Waals surface area contributed by atoms with Crippen LogP contribution in [0.3, 0.4) is 0 Å².